The van der Waals surface area contributed by atoms with Crippen LogP contribution in [0, 0.1) is 0 Å². The van der Waals surface area contributed by atoms with E-state index in [0.717, 1.165) is 38.5 Å². The van der Waals surface area contributed by atoms with Gasteiger partial charge in [0.1, 0.15) is 0 Å². The Morgan fingerprint density at radius 2 is 1.20 bits per heavy atom. The Labute approximate surface area is 121 Å². The molecule has 0 spiro atoms. The Morgan fingerprint density at radius 3 is 1.55 bits per heavy atom. The maximum atomic E-state index is 11.4. The minimum atomic E-state index is 0.275. The normalized spacial score (nSPS) is 21.3. The molecule has 2 heteroatoms. The number of ketones is 2. The number of carbonyl (C=O) groups excluding carboxylic acids is 2. The highest BCUT2D eigenvalue weighted by molar-refractivity contribution is 5.91. The van der Waals surface area contributed by atoms with Crippen LogP contribution in [0.3, 0.4) is 0 Å². The second kappa shape index (κ2) is 6.83. The van der Waals surface area contributed by atoms with Crippen molar-refractivity contribution < 1.29 is 9.59 Å². The Bertz CT molecular complexity index is 458. The van der Waals surface area contributed by atoms with Gasteiger partial charge in [0.05, 0.1) is 0 Å². The second-order valence-electron chi connectivity index (χ2n) is 6.16. The van der Waals surface area contributed by atoms with Gasteiger partial charge in [0, 0.05) is 12.8 Å². The number of allylic oxidation sites excluding steroid dienone is 6. The molecule has 0 aromatic heterocycles. The zero-order valence-corrected chi connectivity index (χ0v) is 12.6. The summed E-state index contributed by atoms with van der Waals surface area (Å²) in [6, 6.07) is 0. The molecule has 2 nitrogen and oxygen atoms in total. The minimum Gasteiger partial charge on any atom is -0.295 e. The van der Waals surface area contributed by atoms with Gasteiger partial charge in [-0.2, -0.15) is 0 Å². The number of rotatable bonds is 4. The predicted octanol–water partition coefficient (Wildman–Crippen LogP) is 4.46. The molecule has 2 rings (SSSR count). The molecule has 0 aliphatic heterocycles. The first kappa shape index (κ1) is 15.0. The van der Waals surface area contributed by atoms with Gasteiger partial charge >= 0.3 is 0 Å². The minimum absolute atomic E-state index is 0.275. The largest absolute Gasteiger partial charge is 0.295 e. The first-order valence-corrected chi connectivity index (χ1v) is 7.64. The molecule has 0 heterocycles. The van der Waals surface area contributed by atoms with Crippen LogP contribution in [-0.4, -0.2) is 11.6 Å². The molecule has 108 valence electrons. The third-order valence-corrected chi connectivity index (χ3v) is 4.29. The summed E-state index contributed by atoms with van der Waals surface area (Å²) in [5, 5.41) is 0. The van der Waals surface area contributed by atoms with Crippen LogP contribution < -0.4 is 0 Å². The van der Waals surface area contributed by atoms with Crippen molar-refractivity contribution in [2.24, 2.45) is 0 Å². The van der Waals surface area contributed by atoms with Crippen molar-refractivity contribution in [3.8, 4) is 0 Å². The summed E-state index contributed by atoms with van der Waals surface area (Å²) in [4.78, 5) is 22.9. The molecular formula is C18H24O2. The summed E-state index contributed by atoms with van der Waals surface area (Å²) in [6.07, 6.45) is 11.0. The molecule has 2 aliphatic carbocycles. The van der Waals surface area contributed by atoms with Gasteiger partial charge in [-0.05, 0) is 64.5 Å². The van der Waals surface area contributed by atoms with Crippen LogP contribution >= 0.6 is 0 Å². The van der Waals surface area contributed by atoms with E-state index in [1.165, 1.54) is 22.3 Å². The van der Waals surface area contributed by atoms with E-state index in [9.17, 15) is 9.59 Å². The van der Waals surface area contributed by atoms with Crippen molar-refractivity contribution >= 4 is 11.6 Å². The fraction of sp³-hybridized carbons (Fsp3) is 0.556. The highest BCUT2D eigenvalue weighted by Crippen LogP contribution is 2.27. The van der Waals surface area contributed by atoms with E-state index in [1.54, 1.807) is 0 Å². The molecule has 0 fully saturated rings. The van der Waals surface area contributed by atoms with Crippen LogP contribution in [0.25, 0.3) is 0 Å². The lowest BCUT2D eigenvalue weighted by Gasteiger charge is -2.16. The van der Waals surface area contributed by atoms with E-state index in [4.69, 9.17) is 0 Å². The van der Waals surface area contributed by atoms with Crippen LogP contribution in [0.1, 0.15) is 65.2 Å². The van der Waals surface area contributed by atoms with Crippen molar-refractivity contribution in [1.82, 2.24) is 0 Å². The lowest BCUT2D eigenvalue weighted by atomic mass is 9.89. The standard InChI is InChI=1S/C18H24O2/c1-13(9-15-5-3-7-17(19)11-15)14(2)10-16-6-4-8-18(20)12-16/h11-12H,3-10H2,1-2H3/b14-13-. The summed E-state index contributed by atoms with van der Waals surface area (Å²) in [5.41, 5.74) is 5.24. The van der Waals surface area contributed by atoms with Crippen molar-refractivity contribution in [1.29, 1.82) is 0 Å². The Hall–Kier alpha value is -1.44. The quantitative estimate of drug-likeness (QED) is 0.708. The zero-order valence-electron chi connectivity index (χ0n) is 12.6. The first-order chi connectivity index (χ1) is 9.54. The second-order valence-corrected chi connectivity index (χ2v) is 6.16. The molecule has 0 aromatic rings. The van der Waals surface area contributed by atoms with Gasteiger partial charge in [-0.1, -0.05) is 22.3 Å². The maximum absolute atomic E-state index is 11.4. The molecule has 0 N–H and O–H groups in total. The van der Waals surface area contributed by atoms with Crippen molar-refractivity contribution in [2.45, 2.75) is 65.2 Å². The molecule has 0 bridgehead atoms. The fourth-order valence-electron chi connectivity index (χ4n) is 2.99. The Balaban J connectivity index is 2.00. The summed E-state index contributed by atoms with van der Waals surface area (Å²) in [6.45, 7) is 4.31. The van der Waals surface area contributed by atoms with Gasteiger partial charge in [-0.3, -0.25) is 9.59 Å². The summed E-state index contributed by atoms with van der Waals surface area (Å²) in [7, 11) is 0. The molecule has 0 saturated heterocycles. The van der Waals surface area contributed by atoms with Gasteiger partial charge in [0.2, 0.25) is 0 Å². The Morgan fingerprint density at radius 1 is 0.800 bits per heavy atom. The lowest BCUT2D eigenvalue weighted by molar-refractivity contribution is -0.115. The van der Waals surface area contributed by atoms with Crippen molar-refractivity contribution in [3.63, 3.8) is 0 Å². The topological polar surface area (TPSA) is 34.1 Å². The Kier molecular flexibility index (Phi) is 5.11. The van der Waals surface area contributed by atoms with Crippen LogP contribution in [-0.2, 0) is 9.59 Å². The smallest absolute Gasteiger partial charge is 0.155 e. The zero-order chi connectivity index (χ0) is 14.5. The van der Waals surface area contributed by atoms with E-state index < -0.39 is 0 Å². The molecule has 0 saturated carbocycles. The summed E-state index contributed by atoms with van der Waals surface area (Å²) < 4.78 is 0. The molecule has 0 amide bonds. The highest BCUT2D eigenvalue weighted by Gasteiger charge is 2.13. The van der Waals surface area contributed by atoms with Gasteiger partial charge in [-0.15, -0.1) is 0 Å². The number of hydrogen-bond acceptors (Lipinski definition) is 2. The molecule has 0 aromatic carbocycles. The van der Waals surface area contributed by atoms with Crippen molar-refractivity contribution in [2.75, 3.05) is 0 Å². The van der Waals surface area contributed by atoms with E-state index >= 15 is 0 Å². The third kappa shape index (κ3) is 4.29. The lowest BCUT2D eigenvalue weighted by Crippen LogP contribution is -2.05. The number of hydrogen-bond donors (Lipinski definition) is 0. The monoisotopic (exact) mass is 272 g/mol. The van der Waals surface area contributed by atoms with Gasteiger partial charge < -0.3 is 0 Å². The van der Waals surface area contributed by atoms with Gasteiger partial charge in [0.25, 0.3) is 0 Å². The summed E-state index contributed by atoms with van der Waals surface area (Å²) in [5.74, 6) is 0.551. The van der Waals surface area contributed by atoms with E-state index in [1.807, 2.05) is 12.2 Å². The highest BCUT2D eigenvalue weighted by atomic mass is 16.1. The summed E-state index contributed by atoms with van der Waals surface area (Å²) >= 11 is 0. The van der Waals surface area contributed by atoms with Crippen LogP contribution in [0.2, 0.25) is 0 Å². The molecular weight excluding hydrogens is 248 g/mol. The van der Waals surface area contributed by atoms with Crippen LogP contribution in [0.15, 0.2) is 34.4 Å². The van der Waals surface area contributed by atoms with Gasteiger partial charge in [0.15, 0.2) is 11.6 Å². The van der Waals surface area contributed by atoms with E-state index in [0.29, 0.717) is 12.8 Å². The third-order valence-electron chi connectivity index (χ3n) is 4.29. The van der Waals surface area contributed by atoms with Crippen LogP contribution in [0.5, 0.6) is 0 Å². The van der Waals surface area contributed by atoms with Gasteiger partial charge in [-0.25, -0.2) is 0 Å². The molecule has 20 heavy (non-hydrogen) atoms. The predicted molar refractivity (Wildman–Crippen MR) is 81.5 cm³/mol. The average Bonchev–Trinajstić information content (AvgIpc) is 2.38. The van der Waals surface area contributed by atoms with E-state index in [-0.39, 0.29) is 11.6 Å². The first-order valence-electron chi connectivity index (χ1n) is 7.64. The molecule has 2 aliphatic rings. The van der Waals surface area contributed by atoms with E-state index in [2.05, 4.69) is 13.8 Å². The molecule has 0 unspecified atom stereocenters. The average molecular weight is 272 g/mol. The maximum Gasteiger partial charge on any atom is 0.155 e. The van der Waals surface area contributed by atoms with Crippen LogP contribution in [0.4, 0.5) is 0 Å². The molecule has 0 atom stereocenters. The fourth-order valence-corrected chi connectivity index (χ4v) is 2.99. The number of carbonyl (C=O) groups is 2. The molecule has 0 radical (unpaired) electrons. The van der Waals surface area contributed by atoms with Crippen molar-refractivity contribution in [3.05, 3.63) is 34.4 Å². The SMILES string of the molecule is C/C(CC1=CC(=O)CCC1)=C(\C)CC1=CC(=O)CCC1.